The molecule has 0 radical (unpaired) electrons. The van der Waals surface area contributed by atoms with Crippen molar-refractivity contribution in [1.29, 1.82) is 0 Å². The maximum atomic E-state index is 3.39. The van der Waals surface area contributed by atoms with Gasteiger partial charge in [-0.25, -0.2) is 0 Å². The van der Waals surface area contributed by atoms with Crippen molar-refractivity contribution >= 4 is 5.43 Å². The van der Waals surface area contributed by atoms with Crippen molar-refractivity contribution in [2.24, 2.45) is 0 Å². The van der Waals surface area contributed by atoms with E-state index in [2.05, 4.69) is 148 Å². The van der Waals surface area contributed by atoms with Crippen LogP contribution in [0.3, 0.4) is 0 Å². The van der Waals surface area contributed by atoms with Crippen LogP contribution in [0.25, 0.3) is 44.5 Å². The minimum Gasteiger partial charge on any atom is -1.00 e. The van der Waals surface area contributed by atoms with E-state index in [1.54, 1.807) is 23.3 Å². The summed E-state index contributed by atoms with van der Waals surface area (Å²) >= 11 is 1.74. The fourth-order valence-electron chi connectivity index (χ4n) is 4.45. The Morgan fingerprint density at radius 3 is 1.12 bits per heavy atom. The molecule has 0 heterocycles. The van der Waals surface area contributed by atoms with E-state index in [0.717, 1.165) is 0 Å². The van der Waals surface area contributed by atoms with Crippen LogP contribution >= 0.6 is 0 Å². The van der Waals surface area contributed by atoms with Crippen LogP contribution < -0.4 is 24.8 Å². The summed E-state index contributed by atoms with van der Waals surface area (Å²) in [6, 6.07) is 49.1. The third kappa shape index (κ3) is 9.28. The molecule has 4 aliphatic rings. The van der Waals surface area contributed by atoms with E-state index in [-0.39, 0.29) is 30.2 Å². The van der Waals surface area contributed by atoms with Gasteiger partial charge >= 0.3 is 41.9 Å². The first-order valence-corrected chi connectivity index (χ1v) is 19.1. The zero-order valence-corrected chi connectivity index (χ0v) is 28.3. The molecule has 40 heavy (non-hydrogen) atoms. The first-order valence-electron chi connectivity index (χ1n) is 12.9. The number of hydrogen-bond donors (Lipinski definition) is 0. The predicted molar refractivity (Wildman–Crippen MR) is 162 cm³/mol. The Bertz CT molecular complexity index is 1450. The van der Waals surface area contributed by atoms with Crippen LogP contribution in [0.15, 0.2) is 121 Å². The first-order chi connectivity index (χ1) is 18.4. The Labute approximate surface area is 267 Å². The third-order valence-corrected chi connectivity index (χ3v) is 5.99. The molecule has 2 aromatic carbocycles. The number of halogens is 2. The topological polar surface area (TPSA) is 0 Å². The fourth-order valence-corrected chi connectivity index (χ4v) is 4.45. The standard InChI is InChI=1S/2C17H13.C2H6Si.2ClH.Zr/c2*1-13-11-15-9-5-6-10-16(17(15)12-13)14-7-3-2-4-8-14;1-3-2;;;/h2*2-10,12H,1H3;1-2H3;2*1H;/q2*-1;;;;+2/p-2. The first kappa shape index (κ1) is 33.7. The number of rotatable bonds is 2. The summed E-state index contributed by atoms with van der Waals surface area (Å²) in [6.45, 7) is 8.80. The molecule has 0 spiro atoms. The monoisotopic (exact) mass is 652 g/mol. The van der Waals surface area contributed by atoms with Gasteiger partial charge < -0.3 is 24.8 Å². The summed E-state index contributed by atoms with van der Waals surface area (Å²) in [4.78, 5) is 0. The van der Waals surface area contributed by atoms with Gasteiger partial charge in [0.1, 0.15) is 0 Å². The van der Waals surface area contributed by atoms with Crippen molar-refractivity contribution in [2.75, 3.05) is 0 Å². The molecule has 0 N–H and O–H groups in total. The number of hydrogen-bond acceptors (Lipinski definition) is 0. The van der Waals surface area contributed by atoms with Crippen molar-refractivity contribution in [1.82, 2.24) is 0 Å². The molecule has 4 heteroatoms. The van der Waals surface area contributed by atoms with Gasteiger partial charge in [0.05, 0.1) is 0 Å². The molecule has 0 amide bonds. The maximum absolute atomic E-state index is 3.39. The molecule has 200 valence electrons. The van der Waals surface area contributed by atoms with Crippen molar-refractivity contribution in [3.63, 3.8) is 0 Å². The van der Waals surface area contributed by atoms with E-state index in [4.69, 9.17) is 0 Å². The normalized spacial score (nSPS) is 9.75. The molecule has 0 aliphatic heterocycles. The van der Waals surface area contributed by atoms with E-state index in [1.165, 1.54) is 55.6 Å². The van der Waals surface area contributed by atoms with Gasteiger partial charge in [0.25, 0.3) is 0 Å². The Hall–Kier alpha value is -2.48. The smallest absolute Gasteiger partial charge is 0.0279 e. The molecule has 2 aromatic rings. The minimum atomic E-state index is 0. The average molecular weight is 655 g/mol. The van der Waals surface area contributed by atoms with Gasteiger partial charge in [0.15, 0.2) is 0 Å². The third-order valence-electron chi connectivity index (χ3n) is 5.99. The molecule has 0 aromatic heterocycles. The van der Waals surface area contributed by atoms with Crippen molar-refractivity contribution < 1.29 is 48.1 Å². The Balaban J connectivity index is 0.000000237. The summed E-state index contributed by atoms with van der Waals surface area (Å²) in [5.41, 5.74) is 12.6. The second kappa shape index (κ2) is 16.7. The molecule has 0 bridgehead atoms. The van der Waals surface area contributed by atoms with Crippen molar-refractivity contribution in [3.8, 4) is 44.5 Å². The second-order valence-corrected chi connectivity index (χ2v) is 18.9. The zero-order chi connectivity index (χ0) is 26.9. The van der Waals surface area contributed by atoms with Gasteiger partial charge in [-0.2, -0.15) is 23.3 Å². The van der Waals surface area contributed by atoms with Crippen molar-refractivity contribution in [2.45, 2.75) is 26.9 Å². The summed E-state index contributed by atoms with van der Waals surface area (Å²) in [7, 11) is 0. The van der Waals surface area contributed by atoms with Gasteiger partial charge in [0.2, 0.25) is 0 Å². The Morgan fingerprint density at radius 2 is 0.775 bits per heavy atom. The van der Waals surface area contributed by atoms with Gasteiger partial charge in [-0.3, -0.25) is 0 Å². The molecule has 4 aliphatic carbocycles. The van der Waals surface area contributed by atoms with Crippen LogP contribution in [0.1, 0.15) is 11.1 Å². The van der Waals surface area contributed by atoms with Gasteiger partial charge in [-0.15, -0.1) is 58.7 Å². The Morgan fingerprint density at radius 1 is 0.475 bits per heavy atom. The predicted octanol–water partition coefficient (Wildman–Crippen LogP) is 3.93. The van der Waals surface area contributed by atoms with E-state index in [0.29, 0.717) is 0 Å². The number of benzene rings is 2. The summed E-state index contributed by atoms with van der Waals surface area (Å²) in [6.07, 6.45) is 0. The molecule has 0 atom stereocenters. The van der Waals surface area contributed by atoms with E-state index < -0.39 is 0 Å². The van der Waals surface area contributed by atoms with Gasteiger partial charge in [-0.05, 0) is 11.1 Å². The quantitative estimate of drug-likeness (QED) is 0.196. The fraction of sp³-hybridized carbons (Fsp3) is 0.111. The van der Waals surface area contributed by atoms with Crippen LogP contribution in [-0.4, -0.2) is 5.43 Å². The molecule has 0 saturated heterocycles. The molecule has 6 rings (SSSR count). The summed E-state index contributed by atoms with van der Waals surface area (Å²) < 4.78 is 0. The van der Waals surface area contributed by atoms with Crippen LogP contribution in [0.2, 0.25) is 13.1 Å². The molecule has 0 saturated carbocycles. The molecule has 0 fully saturated rings. The van der Waals surface area contributed by atoms with E-state index in [9.17, 15) is 0 Å². The molecular formula is C36H32Cl2SiZr-2. The van der Waals surface area contributed by atoms with Crippen LogP contribution in [0.5, 0.6) is 0 Å². The molecule has 0 nitrogen and oxygen atoms in total. The second-order valence-electron chi connectivity index (χ2n) is 9.56. The Kier molecular flexibility index (Phi) is 14.1. The van der Waals surface area contributed by atoms with Gasteiger partial charge in [0, 0.05) is 0 Å². The SMILES string of the molecule is C[Si](C)=[Zr+2].Cc1[c-]c2ccccc(-c3ccccc3)c-2c1.Cc1[c-]c2ccccc(-c3ccccc3)c-2c1.[Cl-].[Cl-]. The average Bonchev–Trinajstić information content (AvgIpc) is 3.31. The van der Waals surface area contributed by atoms with Crippen LogP contribution in [-0.2, 0) is 23.3 Å². The van der Waals surface area contributed by atoms with Crippen LogP contribution in [0.4, 0.5) is 0 Å². The van der Waals surface area contributed by atoms with E-state index in [1.807, 2.05) is 12.1 Å². The van der Waals surface area contributed by atoms with Crippen LogP contribution in [0, 0.1) is 26.0 Å². The summed E-state index contributed by atoms with van der Waals surface area (Å²) in [5.74, 6) is 0. The largest absolute Gasteiger partial charge is 1.00 e. The molecular weight excluding hydrogens is 623 g/mol. The summed E-state index contributed by atoms with van der Waals surface area (Å²) in [5, 5.41) is 0. The zero-order valence-electron chi connectivity index (χ0n) is 23.3. The number of fused-ring (bicyclic) bond motifs is 2. The van der Waals surface area contributed by atoms with E-state index >= 15 is 0 Å². The van der Waals surface area contributed by atoms with Gasteiger partial charge in [-0.1, -0.05) is 110 Å². The number of aryl methyl sites for hydroxylation is 2. The van der Waals surface area contributed by atoms with Crippen molar-refractivity contribution in [3.05, 3.63) is 145 Å². The molecule has 0 unspecified atom stereocenters. The maximum Gasteiger partial charge on any atom is -0.0279 e. The minimum absolute atomic E-state index is 0.